The standard InChI is InChI=1S/C23H18ClN3O3S/c24-18-6-2-4-8-20(18)30-16-11-9-15(10-12-16)25-21(28)13-14-27-22(29)17-5-1-3-7-19(17)26-23(27)31/h1-12H,13-14H2,(H,25,28)(H,26,31). The second kappa shape index (κ2) is 9.16. The van der Waals surface area contributed by atoms with E-state index in [4.69, 9.17) is 28.6 Å². The zero-order valence-electron chi connectivity index (χ0n) is 16.3. The van der Waals surface area contributed by atoms with Gasteiger partial charge in [-0.1, -0.05) is 35.9 Å². The van der Waals surface area contributed by atoms with Gasteiger partial charge in [-0.2, -0.15) is 0 Å². The number of H-pyrrole nitrogens is 1. The van der Waals surface area contributed by atoms with E-state index in [1.165, 1.54) is 4.57 Å². The zero-order chi connectivity index (χ0) is 21.8. The SMILES string of the molecule is O=C(CCn1c(=S)[nH]c2ccccc2c1=O)Nc1ccc(Oc2ccccc2Cl)cc1. The summed E-state index contributed by atoms with van der Waals surface area (Å²) >= 11 is 11.4. The van der Waals surface area contributed by atoms with Crippen molar-refractivity contribution in [2.24, 2.45) is 0 Å². The maximum atomic E-state index is 12.7. The Morgan fingerprint density at radius 2 is 1.74 bits per heavy atom. The Balaban J connectivity index is 1.39. The fraction of sp³-hybridized carbons (Fsp3) is 0.0870. The van der Waals surface area contributed by atoms with Crippen LogP contribution >= 0.6 is 23.8 Å². The number of benzene rings is 3. The minimum absolute atomic E-state index is 0.105. The average Bonchev–Trinajstić information content (AvgIpc) is 2.76. The Morgan fingerprint density at radius 3 is 2.52 bits per heavy atom. The molecule has 0 aliphatic heterocycles. The van der Waals surface area contributed by atoms with Crippen LogP contribution in [0.25, 0.3) is 10.9 Å². The molecular weight excluding hydrogens is 434 g/mol. The smallest absolute Gasteiger partial charge is 0.262 e. The molecule has 0 saturated carbocycles. The van der Waals surface area contributed by atoms with E-state index in [0.29, 0.717) is 33.1 Å². The van der Waals surface area contributed by atoms with Crippen molar-refractivity contribution in [1.29, 1.82) is 0 Å². The molecule has 1 aromatic heterocycles. The van der Waals surface area contributed by atoms with E-state index in [9.17, 15) is 9.59 Å². The normalized spacial score (nSPS) is 10.7. The highest BCUT2D eigenvalue weighted by molar-refractivity contribution is 7.71. The summed E-state index contributed by atoms with van der Waals surface area (Å²) in [5.74, 6) is 0.924. The molecule has 1 heterocycles. The Morgan fingerprint density at radius 1 is 1.03 bits per heavy atom. The van der Waals surface area contributed by atoms with Gasteiger partial charge in [-0.05, 0) is 60.7 Å². The molecule has 0 fully saturated rings. The third kappa shape index (κ3) is 4.84. The molecule has 0 radical (unpaired) electrons. The van der Waals surface area contributed by atoms with Gasteiger partial charge >= 0.3 is 0 Å². The molecule has 156 valence electrons. The number of carbonyl (C=O) groups excluding carboxylic acids is 1. The lowest BCUT2D eigenvalue weighted by molar-refractivity contribution is -0.116. The largest absolute Gasteiger partial charge is 0.456 e. The summed E-state index contributed by atoms with van der Waals surface area (Å²) in [6.07, 6.45) is 0.105. The van der Waals surface area contributed by atoms with E-state index in [-0.39, 0.29) is 29.2 Å². The second-order valence-electron chi connectivity index (χ2n) is 6.79. The van der Waals surface area contributed by atoms with E-state index < -0.39 is 0 Å². The number of hydrogen-bond donors (Lipinski definition) is 2. The van der Waals surface area contributed by atoms with Crippen molar-refractivity contribution in [3.63, 3.8) is 0 Å². The highest BCUT2D eigenvalue weighted by Crippen LogP contribution is 2.29. The van der Waals surface area contributed by atoms with Crippen LogP contribution in [0.15, 0.2) is 77.6 Å². The Hall–Kier alpha value is -3.42. The lowest BCUT2D eigenvalue weighted by Crippen LogP contribution is -2.25. The van der Waals surface area contributed by atoms with Gasteiger partial charge in [0.05, 0.1) is 15.9 Å². The minimum Gasteiger partial charge on any atom is -0.456 e. The summed E-state index contributed by atoms with van der Waals surface area (Å²) < 4.78 is 7.43. The molecule has 0 spiro atoms. The van der Waals surface area contributed by atoms with Gasteiger partial charge < -0.3 is 15.0 Å². The Bertz CT molecular complexity index is 1360. The fourth-order valence-electron chi connectivity index (χ4n) is 3.10. The number of aromatic nitrogens is 2. The minimum atomic E-state index is -0.228. The monoisotopic (exact) mass is 451 g/mol. The molecule has 0 bridgehead atoms. The molecule has 8 heteroatoms. The van der Waals surface area contributed by atoms with E-state index >= 15 is 0 Å². The number of nitrogens with zero attached hydrogens (tertiary/aromatic N) is 1. The van der Waals surface area contributed by atoms with E-state index in [1.54, 1.807) is 54.6 Å². The van der Waals surface area contributed by atoms with Crippen LogP contribution in [0.5, 0.6) is 11.5 Å². The maximum Gasteiger partial charge on any atom is 0.262 e. The van der Waals surface area contributed by atoms with Crippen molar-refractivity contribution < 1.29 is 9.53 Å². The summed E-state index contributed by atoms with van der Waals surface area (Å²) in [5.41, 5.74) is 1.08. The average molecular weight is 452 g/mol. The highest BCUT2D eigenvalue weighted by atomic mass is 35.5. The van der Waals surface area contributed by atoms with E-state index in [0.717, 1.165) is 0 Å². The van der Waals surface area contributed by atoms with Crippen LogP contribution < -0.4 is 15.6 Å². The number of amides is 1. The van der Waals surface area contributed by atoms with Crippen molar-refractivity contribution >= 4 is 46.3 Å². The first-order valence-electron chi connectivity index (χ1n) is 9.55. The lowest BCUT2D eigenvalue weighted by Gasteiger charge is -2.10. The molecule has 0 aliphatic carbocycles. The van der Waals surface area contributed by atoms with Gasteiger partial charge in [0.2, 0.25) is 5.91 Å². The van der Waals surface area contributed by atoms with Gasteiger partial charge in [-0.25, -0.2) is 0 Å². The van der Waals surface area contributed by atoms with Crippen LogP contribution in [0.3, 0.4) is 0 Å². The summed E-state index contributed by atoms with van der Waals surface area (Å²) in [6, 6.07) is 21.3. The number of fused-ring (bicyclic) bond motifs is 1. The first-order chi connectivity index (χ1) is 15.0. The molecule has 1 amide bonds. The Labute approximate surface area is 188 Å². The number of nitrogens with one attached hydrogen (secondary N) is 2. The number of anilines is 1. The molecule has 6 nitrogen and oxygen atoms in total. The number of rotatable bonds is 6. The number of para-hydroxylation sites is 2. The molecule has 3 aromatic carbocycles. The molecular formula is C23H18ClN3O3S. The van der Waals surface area contributed by atoms with Gasteiger partial charge in [0, 0.05) is 18.7 Å². The van der Waals surface area contributed by atoms with Gasteiger partial charge in [-0.3, -0.25) is 14.2 Å². The first-order valence-corrected chi connectivity index (χ1v) is 10.3. The molecule has 0 atom stereocenters. The zero-order valence-corrected chi connectivity index (χ0v) is 17.9. The van der Waals surface area contributed by atoms with Gasteiger partial charge in [0.15, 0.2) is 4.77 Å². The third-order valence-electron chi connectivity index (χ3n) is 4.65. The summed E-state index contributed by atoms with van der Waals surface area (Å²) in [5, 5.41) is 3.86. The van der Waals surface area contributed by atoms with Crippen LogP contribution in [-0.4, -0.2) is 15.5 Å². The van der Waals surface area contributed by atoms with E-state index in [2.05, 4.69) is 10.3 Å². The molecule has 0 saturated heterocycles. The lowest BCUT2D eigenvalue weighted by atomic mass is 10.2. The first kappa shape index (κ1) is 20.8. The van der Waals surface area contributed by atoms with Gasteiger partial charge in [-0.15, -0.1) is 0 Å². The molecule has 2 N–H and O–H groups in total. The Kier molecular flexibility index (Phi) is 6.16. The van der Waals surface area contributed by atoms with Crippen molar-refractivity contribution in [2.75, 3.05) is 5.32 Å². The molecule has 0 unspecified atom stereocenters. The highest BCUT2D eigenvalue weighted by Gasteiger charge is 2.09. The quantitative estimate of drug-likeness (QED) is 0.378. The van der Waals surface area contributed by atoms with Crippen molar-refractivity contribution in [3.8, 4) is 11.5 Å². The molecule has 4 aromatic rings. The van der Waals surface area contributed by atoms with Crippen LogP contribution in [0.1, 0.15) is 6.42 Å². The van der Waals surface area contributed by atoms with Crippen molar-refractivity contribution in [3.05, 3.63) is 92.9 Å². The summed E-state index contributed by atoms with van der Waals surface area (Å²) in [4.78, 5) is 28.1. The van der Waals surface area contributed by atoms with Gasteiger partial charge in [0.1, 0.15) is 11.5 Å². The topological polar surface area (TPSA) is 76.1 Å². The third-order valence-corrected chi connectivity index (χ3v) is 5.29. The molecule has 0 aliphatic rings. The maximum absolute atomic E-state index is 12.7. The number of hydrogen-bond acceptors (Lipinski definition) is 4. The van der Waals surface area contributed by atoms with Crippen molar-refractivity contribution in [1.82, 2.24) is 9.55 Å². The van der Waals surface area contributed by atoms with Crippen LogP contribution in [0, 0.1) is 4.77 Å². The van der Waals surface area contributed by atoms with Crippen LogP contribution in [-0.2, 0) is 11.3 Å². The number of ether oxygens (including phenoxy) is 1. The number of halogens is 1. The molecule has 4 rings (SSSR count). The summed E-state index contributed by atoms with van der Waals surface area (Å²) in [7, 11) is 0. The summed E-state index contributed by atoms with van der Waals surface area (Å²) in [6.45, 7) is 0.179. The van der Waals surface area contributed by atoms with Crippen molar-refractivity contribution in [2.45, 2.75) is 13.0 Å². The molecule has 31 heavy (non-hydrogen) atoms. The van der Waals surface area contributed by atoms with E-state index in [1.807, 2.05) is 18.2 Å². The number of carbonyl (C=O) groups is 1. The number of aromatic amines is 1. The fourth-order valence-corrected chi connectivity index (χ4v) is 3.56. The van der Waals surface area contributed by atoms with Gasteiger partial charge in [0.25, 0.3) is 5.56 Å². The van der Waals surface area contributed by atoms with Crippen LogP contribution in [0.2, 0.25) is 5.02 Å². The predicted octanol–water partition coefficient (Wildman–Crippen LogP) is 5.53. The predicted molar refractivity (Wildman–Crippen MR) is 125 cm³/mol. The van der Waals surface area contributed by atoms with Crippen LogP contribution in [0.4, 0.5) is 5.69 Å². The second-order valence-corrected chi connectivity index (χ2v) is 7.58.